The van der Waals surface area contributed by atoms with E-state index in [1.165, 1.54) is 14.2 Å². The Hall–Kier alpha value is -3.13. The van der Waals surface area contributed by atoms with Crippen LogP contribution in [-0.2, 0) is 22.6 Å². The number of aromatic nitrogens is 2. The smallest absolute Gasteiger partial charge is 0.335 e. The molecule has 2 heterocycles. The molecular weight excluding hydrogens is 352 g/mol. The summed E-state index contributed by atoms with van der Waals surface area (Å²) >= 11 is 0. The van der Waals surface area contributed by atoms with E-state index in [0.717, 1.165) is 11.1 Å². The Bertz CT molecular complexity index is 969. The third-order valence-corrected chi connectivity index (χ3v) is 4.85. The predicted octanol–water partition coefficient (Wildman–Crippen LogP) is 1.23. The molecule has 0 bridgehead atoms. The molecule has 27 heavy (non-hydrogen) atoms. The van der Waals surface area contributed by atoms with Crippen molar-refractivity contribution in [1.82, 2.24) is 9.97 Å². The summed E-state index contributed by atoms with van der Waals surface area (Å²) < 4.78 is 15.7. The summed E-state index contributed by atoms with van der Waals surface area (Å²) in [7, 11) is 2.96. The highest BCUT2D eigenvalue weighted by Crippen LogP contribution is 2.46. The van der Waals surface area contributed by atoms with E-state index in [1.54, 1.807) is 18.2 Å². The van der Waals surface area contributed by atoms with E-state index < -0.39 is 11.9 Å². The van der Waals surface area contributed by atoms with E-state index in [9.17, 15) is 15.0 Å². The van der Waals surface area contributed by atoms with E-state index in [0.29, 0.717) is 34.9 Å². The van der Waals surface area contributed by atoms with Crippen molar-refractivity contribution in [3.63, 3.8) is 0 Å². The number of methoxy groups -OCH3 is 2. The third kappa shape index (κ3) is 2.69. The molecule has 1 unspecified atom stereocenters. The number of esters is 1. The van der Waals surface area contributed by atoms with E-state index in [4.69, 9.17) is 14.2 Å². The fraction of sp³-hybridized carbons (Fsp3) is 0.316. The molecular formula is C19H18N2O6. The second kappa shape index (κ2) is 6.55. The van der Waals surface area contributed by atoms with Gasteiger partial charge in [0.1, 0.15) is 13.2 Å². The number of phenols is 1. The lowest BCUT2D eigenvalue weighted by Gasteiger charge is -2.26. The van der Waals surface area contributed by atoms with Crippen LogP contribution in [0.15, 0.2) is 29.3 Å². The number of ether oxygens (including phenoxy) is 3. The fourth-order valence-electron chi connectivity index (χ4n) is 3.65. The minimum absolute atomic E-state index is 0.0426. The monoisotopic (exact) mass is 370 g/mol. The quantitative estimate of drug-likeness (QED) is 0.773. The number of phenolic OH excluding ortho intramolecular Hbond substituents is 1. The van der Waals surface area contributed by atoms with Gasteiger partial charge in [-0.3, -0.25) is 0 Å². The number of hydrogen-bond donors (Lipinski definition) is 2. The lowest BCUT2D eigenvalue weighted by Crippen LogP contribution is -2.21. The molecule has 1 aromatic carbocycles. The molecule has 1 aliphatic heterocycles. The van der Waals surface area contributed by atoms with Gasteiger partial charge in [-0.2, -0.15) is 4.98 Å². The number of aliphatic hydroxyl groups is 1. The number of cyclic esters (lactones) is 1. The van der Waals surface area contributed by atoms with Gasteiger partial charge in [-0.1, -0.05) is 6.07 Å². The van der Waals surface area contributed by atoms with Crippen LogP contribution >= 0.6 is 0 Å². The summed E-state index contributed by atoms with van der Waals surface area (Å²) in [6, 6.07) is 4.94. The second-order valence-corrected chi connectivity index (χ2v) is 6.31. The number of aromatic hydroxyl groups is 1. The van der Waals surface area contributed by atoms with Crippen LogP contribution in [0, 0.1) is 0 Å². The van der Waals surface area contributed by atoms with Gasteiger partial charge >= 0.3 is 5.97 Å². The summed E-state index contributed by atoms with van der Waals surface area (Å²) in [5.74, 6) is -0.119. The average Bonchev–Trinajstić information content (AvgIpc) is 3.05. The van der Waals surface area contributed by atoms with Crippen LogP contribution in [0.5, 0.6) is 17.4 Å². The van der Waals surface area contributed by atoms with Gasteiger partial charge in [-0.05, 0) is 23.3 Å². The Balaban J connectivity index is 1.96. The molecule has 8 heteroatoms. The molecule has 0 fully saturated rings. The highest BCUT2D eigenvalue weighted by molar-refractivity contribution is 5.95. The van der Waals surface area contributed by atoms with Crippen LogP contribution in [0.4, 0.5) is 0 Å². The Labute approximate surface area is 155 Å². The van der Waals surface area contributed by atoms with Crippen molar-refractivity contribution in [2.75, 3.05) is 20.8 Å². The first kappa shape index (κ1) is 17.3. The molecule has 2 aromatic rings. The van der Waals surface area contributed by atoms with Crippen LogP contribution < -0.4 is 9.47 Å². The van der Waals surface area contributed by atoms with Crippen molar-refractivity contribution in [3.8, 4) is 17.4 Å². The van der Waals surface area contributed by atoms with E-state index in [1.807, 2.05) is 0 Å². The average molecular weight is 370 g/mol. The highest BCUT2D eigenvalue weighted by atomic mass is 16.5. The van der Waals surface area contributed by atoms with Gasteiger partial charge in [0.2, 0.25) is 5.88 Å². The Kier molecular flexibility index (Phi) is 4.19. The van der Waals surface area contributed by atoms with Crippen LogP contribution in [0.3, 0.4) is 0 Å². The van der Waals surface area contributed by atoms with Crippen molar-refractivity contribution in [1.29, 1.82) is 0 Å². The largest absolute Gasteiger partial charge is 0.504 e. The molecule has 0 saturated carbocycles. The minimum Gasteiger partial charge on any atom is -0.504 e. The number of nitrogens with zero attached hydrogens (tertiary/aromatic N) is 2. The standard InChI is InChI=1S/C19H18N2O6/c1-25-13-4-3-9(6-12(13)23)15-16-10(8-27-19(16)24)5-11-17(15)20-14(7-22)21-18(11)26-2/h3-4,6,15,22-23H,5,7-8H2,1-2H3. The zero-order valence-corrected chi connectivity index (χ0v) is 14.9. The molecule has 1 atom stereocenters. The van der Waals surface area contributed by atoms with Gasteiger partial charge in [0.15, 0.2) is 17.3 Å². The Morgan fingerprint density at radius 1 is 1.26 bits per heavy atom. The summed E-state index contributed by atoms with van der Waals surface area (Å²) in [5, 5.41) is 19.8. The van der Waals surface area contributed by atoms with Gasteiger partial charge < -0.3 is 24.4 Å². The fourth-order valence-corrected chi connectivity index (χ4v) is 3.65. The van der Waals surface area contributed by atoms with Crippen LogP contribution in [0.2, 0.25) is 0 Å². The lowest BCUT2D eigenvalue weighted by atomic mass is 9.78. The van der Waals surface area contributed by atoms with E-state index in [-0.39, 0.29) is 24.8 Å². The molecule has 1 aliphatic carbocycles. The molecule has 1 aromatic heterocycles. The number of aliphatic hydroxyl groups excluding tert-OH is 1. The lowest BCUT2D eigenvalue weighted by molar-refractivity contribution is -0.136. The molecule has 2 aliphatic rings. The summed E-state index contributed by atoms with van der Waals surface area (Å²) in [4.78, 5) is 21.1. The molecule has 0 amide bonds. The van der Waals surface area contributed by atoms with Gasteiger partial charge in [0.05, 0.1) is 31.4 Å². The number of fused-ring (bicyclic) bond motifs is 1. The first-order valence-electron chi connectivity index (χ1n) is 8.37. The zero-order chi connectivity index (χ0) is 19.1. The Morgan fingerprint density at radius 2 is 2.07 bits per heavy atom. The molecule has 0 saturated heterocycles. The summed E-state index contributed by atoms with van der Waals surface area (Å²) in [6.07, 6.45) is 0.434. The van der Waals surface area contributed by atoms with Crippen LogP contribution in [0.1, 0.15) is 28.6 Å². The number of carbonyl (C=O) groups is 1. The number of hydrogen-bond acceptors (Lipinski definition) is 8. The minimum atomic E-state index is -0.558. The van der Waals surface area contributed by atoms with Gasteiger partial charge in [-0.15, -0.1) is 0 Å². The highest BCUT2D eigenvalue weighted by Gasteiger charge is 2.41. The topological polar surface area (TPSA) is 111 Å². The second-order valence-electron chi connectivity index (χ2n) is 6.31. The summed E-state index contributed by atoms with van der Waals surface area (Å²) in [6.45, 7) is -0.155. The molecule has 140 valence electrons. The van der Waals surface area contributed by atoms with Crippen LogP contribution in [0.25, 0.3) is 0 Å². The molecule has 8 nitrogen and oxygen atoms in total. The SMILES string of the molecule is COc1ccc(C2C3=C(COC3=O)Cc3c(OC)nc(CO)nc32)cc1O. The van der Waals surface area contributed by atoms with E-state index >= 15 is 0 Å². The van der Waals surface area contributed by atoms with Crippen molar-refractivity contribution in [2.24, 2.45) is 0 Å². The van der Waals surface area contributed by atoms with Crippen molar-refractivity contribution in [3.05, 3.63) is 52.0 Å². The third-order valence-electron chi connectivity index (χ3n) is 4.85. The maximum atomic E-state index is 12.4. The summed E-state index contributed by atoms with van der Waals surface area (Å²) in [5.41, 5.74) is 3.31. The van der Waals surface area contributed by atoms with Crippen LogP contribution in [-0.4, -0.2) is 47.0 Å². The first-order valence-corrected chi connectivity index (χ1v) is 8.37. The normalized spacial score (nSPS) is 18.0. The van der Waals surface area contributed by atoms with Crippen molar-refractivity contribution >= 4 is 5.97 Å². The molecule has 0 radical (unpaired) electrons. The maximum absolute atomic E-state index is 12.4. The van der Waals surface area contributed by atoms with E-state index in [2.05, 4.69) is 9.97 Å². The van der Waals surface area contributed by atoms with Gasteiger partial charge in [0, 0.05) is 12.0 Å². The van der Waals surface area contributed by atoms with Crippen molar-refractivity contribution in [2.45, 2.75) is 18.9 Å². The first-order chi connectivity index (χ1) is 13.1. The Morgan fingerprint density at radius 3 is 2.74 bits per heavy atom. The van der Waals surface area contributed by atoms with Crippen molar-refractivity contribution < 1.29 is 29.2 Å². The predicted molar refractivity (Wildman–Crippen MR) is 92.7 cm³/mol. The molecule has 0 spiro atoms. The maximum Gasteiger partial charge on any atom is 0.335 e. The zero-order valence-electron chi connectivity index (χ0n) is 14.9. The number of benzene rings is 1. The molecule has 4 rings (SSSR count). The molecule has 2 N–H and O–H groups in total. The van der Waals surface area contributed by atoms with Gasteiger partial charge in [-0.25, -0.2) is 9.78 Å². The number of carbonyl (C=O) groups excluding carboxylic acids is 1. The number of rotatable bonds is 4. The van der Waals surface area contributed by atoms with Gasteiger partial charge in [0.25, 0.3) is 0 Å².